The van der Waals surface area contributed by atoms with Gasteiger partial charge in [0.25, 0.3) is 5.91 Å². The first-order valence-electron chi connectivity index (χ1n) is 9.34. The molecule has 4 rings (SSSR count). The highest BCUT2D eigenvalue weighted by Gasteiger charge is 2.48. The van der Waals surface area contributed by atoms with E-state index in [4.69, 9.17) is 16.1 Å². The Morgan fingerprint density at radius 2 is 2.10 bits per heavy atom. The van der Waals surface area contributed by atoms with Crippen molar-refractivity contribution in [2.75, 3.05) is 7.05 Å². The molecular weight excluding hydrogens is 409 g/mol. The van der Waals surface area contributed by atoms with Crippen molar-refractivity contribution < 1.29 is 13.7 Å². The van der Waals surface area contributed by atoms with Gasteiger partial charge in [-0.05, 0) is 49.4 Å². The molecule has 30 heavy (non-hydrogen) atoms. The van der Waals surface area contributed by atoms with Gasteiger partial charge in [-0.2, -0.15) is 4.98 Å². The highest BCUT2D eigenvalue weighted by Crippen LogP contribution is 2.53. The van der Waals surface area contributed by atoms with Crippen LogP contribution in [0.2, 0.25) is 5.02 Å². The fraction of sp³-hybridized carbons (Fsp3) is 0.286. The summed E-state index contributed by atoms with van der Waals surface area (Å²) >= 11 is 5.88. The third-order valence-corrected chi connectivity index (χ3v) is 5.49. The van der Waals surface area contributed by atoms with Crippen LogP contribution in [0.3, 0.4) is 0 Å². The topological polar surface area (TPSA) is 84.5 Å². The van der Waals surface area contributed by atoms with Gasteiger partial charge in [-0.25, -0.2) is 14.4 Å². The monoisotopic (exact) mass is 427 g/mol. The van der Waals surface area contributed by atoms with Gasteiger partial charge in [0.2, 0.25) is 5.89 Å². The summed E-state index contributed by atoms with van der Waals surface area (Å²) in [4.78, 5) is 26.2. The number of benzene rings is 1. The molecule has 0 aliphatic heterocycles. The lowest BCUT2D eigenvalue weighted by Crippen LogP contribution is -2.36. The first-order chi connectivity index (χ1) is 14.4. The Bertz CT molecular complexity index is 1080. The zero-order valence-electron chi connectivity index (χ0n) is 16.3. The van der Waals surface area contributed by atoms with Crippen LogP contribution < -0.4 is 0 Å². The lowest BCUT2D eigenvalue weighted by atomic mass is 9.68. The van der Waals surface area contributed by atoms with E-state index in [0.717, 1.165) is 0 Å². The Balaban J connectivity index is 1.40. The Morgan fingerprint density at radius 3 is 2.80 bits per heavy atom. The average Bonchev–Trinajstić information content (AvgIpc) is 3.19. The van der Waals surface area contributed by atoms with Gasteiger partial charge in [-0.15, -0.1) is 0 Å². The summed E-state index contributed by atoms with van der Waals surface area (Å²) in [7, 11) is 1.61. The molecule has 1 saturated carbocycles. The van der Waals surface area contributed by atoms with Crippen molar-refractivity contribution in [3.8, 4) is 0 Å². The standard InChI is InChI=1S/C21H19ClFN5O2/c1-24-19-16(4-3-9-25-19)20(29)28(2)12-17-26-18(27-30-17)13-10-21(23,11-13)14-5-7-15(22)8-6-14/h3-9,13H,1,10-12H2,2H3/t13-,21+. The van der Waals surface area contributed by atoms with Gasteiger partial charge in [-0.3, -0.25) is 4.79 Å². The number of rotatable bonds is 6. The number of aliphatic imine (C=N–C) groups is 1. The number of halogens is 2. The lowest BCUT2D eigenvalue weighted by Gasteiger charge is -2.40. The molecule has 1 aromatic carbocycles. The van der Waals surface area contributed by atoms with E-state index in [1.807, 2.05) is 0 Å². The number of carbonyl (C=O) groups excluding carboxylic acids is 1. The molecule has 0 atom stereocenters. The predicted octanol–water partition coefficient (Wildman–Crippen LogP) is 4.46. The molecule has 7 nitrogen and oxygen atoms in total. The molecule has 1 amide bonds. The van der Waals surface area contributed by atoms with Gasteiger partial charge in [0.1, 0.15) is 5.67 Å². The molecule has 154 valence electrons. The molecule has 3 aromatic rings. The van der Waals surface area contributed by atoms with Crippen LogP contribution in [0.25, 0.3) is 0 Å². The summed E-state index contributed by atoms with van der Waals surface area (Å²) in [6, 6.07) is 10.0. The van der Waals surface area contributed by atoms with Crippen molar-refractivity contribution in [1.29, 1.82) is 0 Å². The minimum Gasteiger partial charge on any atom is -0.337 e. The van der Waals surface area contributed by atoms with Crippen molar-refractivity contribution in [2.45, 2.75) is 31.0 Å². The second-order valence-corrected chi connectivity index (χ2v) is 7.75. The van der Waals surface area contributed by atoms with Crippen LogP contribution in [0.4, 0.5) is 10.2 Å². The summed E-state index contributed by atoms with van der Waals surface area (Å²) < 4.78 is 20.4. The second-order valence-electron chi connectivity index (χ2n) is 7.32. The largest absolute Gasteiger partial charge is 0.337 e. The van der Waals surface area contributed by atoms with Gasteiger partial charge < -0.3 is 9.42 Å². The molecule has 1 fully saturated rings. The van der Waals surface area contributed by atoms with Crippen molar-refractivity contribution in [3.05, 3.63) is 70.5 Å². The van der Waals surface area contributed by atoms with Crippen molar-refractivity contribution in [1.82, 2.24) is 20.0 Å². The molecule has 0 unspecified atom stereocenters. The normalized spacial score (nSPS) is 20.4. The second kappa shape index (κ2) is 7.95. The summed E-state index contributed by atoms with van der Waals surface area (Å²) in [5.41, 5.74) is -0.490. The summed E-state index contributed by atoms with van der Waals surface area (Å²) in [5.74, 6) is 0.554. The van der Waals surface area contributed by atoms with Crippen molar-refractivity contribution >= 4 is 30.0 Å². The maximum atomic E-state index is 15.1. The third-order valence-electron chi connectivity index (χ3n) is 5.24. The third kappa shape index (κ3) is 3.82. The molecule has 0 N–H and O–H groups in total. The van der Waals surface area contributed by atoms with Gasteiger partial charge in [0.05, 0.1) is 12.1 Å². The Labute approximate surface area is 177 Å². The highest BCUT2D eigenvalue weighted by atomic mass is 35.5. The molecule has 1 aliphatic carbocycles. The van der Waals surface area contributed by atoms with Gasteiger partial charge in [-0.1, -0.05) is 28.9 Å². The molecule has 1 aliphatic rings. The summed E-state index contributed by atoms with van der Waals surface area (Å²) in [6.45, 7) is 3.55. The fourth-order valence-electron chi connectivity index (χ4n) is 3.56. The lowest BCUT2D eigenvalue weighted by molar-refractivity contribution is 0.0336. The number of pyridine rings is 1. The first-order valence-corrected chi connectivity index (χ1v) is 9.72. The van der Waals surface area contributed by atoms with Crippen LogP contribution in [0.5, 0.6) is 0 Å². The molecule has 0 bridgehead atoms. The maximum Gasteiger partial charge on any atom is 0.257 e. The number of amides is 1. The molecule has 0 radical (unpaired) electrons. The van der Waals surface area contributed by atoms with Crippen LogP contribution in [-0.2, 0) is 12.2 Å². The zero-order valence-corrected chi connectivity index (χ0v) is 17.0. The van der Waals surface area contributed by atoms with Crippen LogP contribution in [0.1, 0.15) is 46.4 Å². The minimum absolute atomic E-state index is 0.113. The van der Waals surface area contributed by atoms with E-state index < -0.39 is 5.67 Å². The Kier molecular flexibility index (Phi) is 5.34. The number of aromatic nitrogens is 3. The first kappa shape index (κ1) is 20.2. The number of carbonyl (C=O) groups is 1. The van der Waals surface area contributed by atoms with Crippen LogP contribution in [0.15, 0.2) is 52.1 Å². The highest BCUT2D eigenvalue weighted by molar-refractivity contribution is 6.30. The molecule has 9 heteroatoms. The van der Waals surface area contributed by atoms with E-state index in [-0.39, 0.29) is 42.9 Å². The van der Waals surface area contributed by atoms with E-state index in [2.05, 4.69) is 26.8 Å². The van der Waals surface area contributed by atoms with E-state index in [1.54, 1.807) is 49.6 Å². The van der Waals surface area contributed by atoms with Crippen molar-refractivity contribution in [3.63, 3.8) is 0 Å². The number of nitrogens with zero attached hydrogens (tertiary/aromatic N) is 5. The van der Waals surface area contributed by atoms with E-state index >= 15 is 4.39 Å². The van der Waals surface area contributed by atoms with Crippen LogP contribution in [0, 0.1) is 0 Å². The summed E-state index contributed by atoms with van der Waals surface area (Å²) in [5, 5.41) is 4.55. The zero-order chi connectivity index (χ0) is 21.3. The van der Waals surface area contributed by atoms with E-state index in [0.29, 0.717) is 22.0 Å². The SMILES string of the molecule is C=Nc1ncccc1C(=O)N(C)Cc1nc([C@H]2C[C@](F)(c3ccc(Cl)cc3)C2)no1. The van der Waals surface area contributed by atoms with E-state index in [9.17, 15) is 4.79 Å². The predicted molar refractivity (Wildman–Crippen MR) is 110 cm³/mol. The van der Waals surface area contributed by atoms with Gasteiger partial charge in [0.15, 0.2) is 11.6 Å². The van der Waals surface area contributed by atoms with Crippen molar-refractivity contribution in [2.24, 2.45) is 4.99 Å². The Hall–Kier alpha value is -3.13. The molecule has 2 aromatic heterocycles. The van der Waals surface area contributed by atoms with Crippen LogP contribution in [-0.4, -0.2) is 39.7 Å². The van der Waals surface area contributed by atoms with Crippen LogP contribution >= 0.6 is 11.6 Å². The Morgan fingerprint density at radius 1 is 1.37 bits per heavy atom. The molecule has 0 saturated heterocycles. The number of alkyl halides is 1. The van der Waals surface area contributed by atoms with E-state index in [1.165, 1.54) is 4.90 Å². The molecule has 2 heterocycles. The minimum atomic E-state index is -1.42. The van der Waals surface area contributed by atoms with Gasteiger partial charge >= 0.3 is 0 Å². The quantitative estimate of drug-likeness (QED) is 0.542. The number of hydrogen-bond acceptors (Lipinski definition) is 6. The number of hydrogen-bond donors (Lipinski definition) is 0. The molecule has 0 spiro atoms. The fourth-order valence-corrected chi connectivity index (χ4v) is 3.68. The summed E-state index contributed by atoms with van der Waals surface area (Å²) in [6.07, 6.45) is 2.08. The molecular formula is C21H19ClFN5O2. The maximum absolute atomic E-state index is 15.1. The average molecular weight is 428 g/mol. The van der Waals surface area contributed by atoms with Gasteiger partial charge in [0, 0.05) is 24.2 Å². The smallest absolute Gasteiger partial charge is 0.257 e.